The van der Waals surface area contributed by atoms with Crippen LogP contribution >= 0.6 is 15.9 Å². The number of nitrogens with one attached hydrogen (secondary N) is 4. The number of fused-ring (bicyclic) bond motifs is 4. The minimum absolute atomic E-state index is 0.00429. The Labute approximate surface area is 592 Å². The summed E-state index contributed by atoms with van der Waals surface area (Å²) in [6.07, 6.45) is 5.81. The number of ether oxygens (including phenoxy) is 13. The third-order valence-electron chi connectivity index (χ3n) is 16.1. The molecule has 0 fully saturated rings. The summed E-state index contributed by atoms with van der Waals surface area (Å²) in [5.41, 5.74) is 3.94. The molecule has 7 rings (SSSR count). The molecule has 30 heteroatoms. The molecule has 7 amide bonds. The number of carbonyl (C=O) groups is 7. The number of alkyl halides is 1. The van der Waals surface area contributed by atoms with Gasteiger partial charge in [-0.2, -0.15) is 0 Å². The number of anilines is 2. The lowest BCUT2D eigenvalue weighted by atomic mass is 10.0. The number of rotatable bonds is 46. The van der Waals surface area contributed by atoms with E-state index < -0.39 is 54.1 Å². The molecule has 100 heavy (non-hydrogen) atoms. The maximum absolute atomic E-state index is 14.3. The van der Waals surface area contributed by atoms with Crippen molar-refractivity contribution in [2.24, 2.45) is 10.9 Å². The molecule has 4 heterocycles. The number of benzene rings is 3. The van der Waals surface area contributed by atoms with Gasteiger partial charge in [0, 0.05) is 49.4 Å². The number of amides is 7. The van der Waals surface area contributed by atoms with Crippen molar-refractivity contribution in [2.75, 3.05) is 155 Å². The zero-order valence-corrected chi connectivity index (χ0v) is 59.8. The van der Waals surface area contributed by atoms with E-state index in [1.807, 2.05) is 20.0 Å². The normalized spacial score (nSPS) is 16.7. The fourth-order valence-corrected chi connectivity index (χ4v) is 11.0. The molecule has 0 bridgehead atoms. The van der Waals surface area contributed by atoms with Gasteiger partial charge in [0.15, 0.2) is 29.2 Å². The molecule has 4 aliphatic rings. The highest BCUT2D eigenvalue weighted by molar-refractivity contribution is 9.09. The van der Waals surface area contributed by atoms with E-state index in [4.69, 9.17) is 61.6 Å². The van der Waals surface area contributed by atoms with Gasteiger partial charge in [-0.25, -0.2) is 9.69 Å². The molecule has 0 radical (unpaired) electrons. The second-order valence-electron chi connectivity index (χ2n) is 24.2. The summed E-state index contributed by atoms with van der Waals surface area (Å²) in [6.45, 7) is 15.8. The Balaban J connectivity index is 0.757. The monoisotopic (exact) mass is 1460 g/mol. The molecule has 0 spiro atoms. The van der Waals surface area contributed by atoms with Gasteiger partial charge in [-0.3, -0.25) is 33.8 Å². The molecule has 5 N–H and O–H groups in total. The van der Waals surface area contributed by atoms with Crippen molar-refractivity contribution >= 4 is 80.7 Å². The molecule has 1 unspecified atom stereocenters. The first-order valence-corrected chi connectivity index (χ1v) is 34.8. The van der Waals surface area contributed by atoms with Crippen LogP contribution in [0, 0.1) is 5.92 Å². The Hall–Kier alpha value is -7.78. The van der Waals surface area contributed by atoms with E-state index in [1.165, 1.54) is 38.2 Å². The van der Waals surface area contributed by atoms with Crippen LogP contribution in [-0.2, 0) is 68.4 Å². The number of carbonyl (C=O) groups excluding carboxylic acids is 7. The van der Waals surface area contributed by atoms with Crippen LogP contribution in [0.3, 0.4) is 0 Å². The number of aliphatic imine (C=N–C) groups is 1. The van der Waals surface area contributed by atoms with Crippen LogP contribution in [-0.4, -0.2) is 238 Å². The van der Waals surface area contributed by atoms with Gasteiger partial charge in [0.2, 0.25) is 23.6 Å². The molecule has 0 aliphatic carbocycles. The standard InChI is InChI=1S/C70H97BrN8O21/c1-46(2)64(76-62(80)15-19-90-21-23-92-25-27-94-29-31-96-33-34-97-32-30-95-28-26-93-24-22-91-20-16-72-63(81)41-71)66(83)74-49(5)65(82)75-51-13-11-50(12-14-51)45-100-70(87)79-56-40-61(59(89-7)38-54(56)68(85)78-44-48(4)36-57(78)69(79)86)99-18-10-8-9-17-98-60-39-55-53(37-58(60)88-6)67(84)77-43-47(3)35-52(77)42-73-55/h11-14,37-40,42-44,46,49,52,57,64,69,86H,8-10,15-36,41,45H2,1-7H3,(H,72,81)(H,74,83)(H,75,82)(H,76,80)/t49?,52-,57-,64-,69-/m0/s1. The highest BCUT2D eigenvalue weighted by atomic mass is 79.9. The smallest absolute Gasteiger partial charge is 0.416 e. The second kappa shape index (κ2) is 42.5. The third-order valence-corrected chi connectivity index (χ3v) is 16.6. The SMILES string of the molecule is COc1cc2c(cc1OCCCCCOc1cc3c(cc1OC)C(=O)N1C=C(C)C[C@H]1[C@H](O)N3C(=O)OCc1ccc(NC(=O)C(C)NC(=O)[C@@H](NC(=O)CCOCCOCCOCCOCCOCCOCCOCCOCCNC(=O)CBr)C(C)C)cc1)N=C[C@@H]1CC(C)=CN1C2=O. The minimum atomic E-state index is -1.52. The average molecular weight is 1470 g/mol. The van der Waals surface area contributed by atoms with Crippen LogP contribution in [0.1, 0.15) is 99.4 Å². The van der Waals surface area contributed by atoms with Crippen molar-refractivity contribution in [1.29, 1.82) is 0 Å². The van der Waals surface area contributed by atoms with E-state index in [1.54, 1.807) is 67.6 Å². The van der Waals surface area contributed by atoms with Gasteiger partial charge < -0.3 is 97.8 Å². The zero-order chi connectivity index (χ0) is 71.8. The molecule has 3 aromatic carbocycles. The lowest BCUT2D eigenvalue weighted by Crippen LogP contribution is -2.53. The fraction of sp³-hybridized carbons (Fsp3) is 0.571. The number of hydrogen-bond donors (Lipinski definition) is 5. The van der Waals surface area contributed by atoms with E-state index in [-0.39, 0.29) is 84.7 Å². The van der Waals surface area contributed by atoms with Crippen LogP contribution in [0.15, 0.2) is 77.1 Å². The lowest BCUT2D eigenvalue weighted by Gasteiger charge is -2.31. The number of hydrogen-bond acceptors (Lipinski definition) is 22. The summed E-state index contributed by atoms with van der Waals surface area (Å²) in [5, 5.41) is 23.1. The molecule has 29 nitrogen and oxygen atoms in total. The first kappa shape index (κ1) is 79.5. The Morgan fingerprint density at radius 1 is 0.600 bits per heavy atom. The quantitative estimate of drug-likeness (QED) is 0.0303. The maximum atomic E-state index is 14.3. The van der Waals surface area contributed by atoms with Crippen LogP contribution in [0.4, 0.5) is 21.9 Å². The van der Waals surface area contributed by atoms with Crippen LogP contribution in [0.25, 0.3) is 0 Å². The summed E-state index contributed by atoms with van der Waals surface area (Å²) in [7, 11) is 2.97. The first-order chi connectivity index (χ1) is 48.4. The van der Waals surface area contributed by atoms with Gasteiger partial charge >= 0.3 is 6.09 Å². The summed E-state index contributed by atoms with van der Waals surface area (Å²) in [6, 6.07) is 9.98. The van der Waals surface area contributed by atoms with Gasteiger partial charge in [-0.15, -0.1) is 0 Å². The van der Waals surface area contributed by atoms with Gasteiger partial charge in [-0.05, 0) is 88.6 Å². The van der Waals surface area contributed by atoms with Crippen molar-refractivity contribution in [3.8, 4) is 23.0 Å². The van der Waals surface area contributed by atoms with Crippen LogP contribution in [0.5, 0.6) is 23.0 Å². The molecule has 3 aromatic rings. The number of unbranched alkanes of at least 4 members (excludes halogenated alkanes) is 2. The predicted molar refractivity (Wildman–Crippen MR) is 372 cm³/mol. The number of methoxy groups -OCH3 is 2. The van der Waals surface area contributed by atoms with Gasteiger partial charge in [0.05, 0.1) is 173 Å². The number of halogens is 1. The van der Waals surface area contributed by atoms with Gasteiger partial charge in [0.1, 0.15) is 18.7 Å². The van der Waals surface area contributed by atoms with Crippen LogP contribution < -0.4 is 45.1 Å². The number of aliphatic hydroxyl groups is 1. The first-order valence-electron chi connectivity index (χ1n) is 33.7. The molecule has 0 saturated heterocycles. The number of aliphatic hydroxyl groups excluding tert-OH is 1. The van der Waals surface area contributed by atoms with E-state index >= 15 is 0 Å². The van der Waals surface area contributed by atoms with Crippen molar-refractivity contribution in [1.82, 2.24) is 25.8 Å². The predicted octanol–water partition coefficient (Wildman–Crippen LogP) is 6.38. The topological polar surface area (TPSA) is 330 Å². The molecular weight excluding hydrogens is 1370 g/mol. The van der Waals surface area contributed by atoms with Gasteiger partial charge in [0.25, 0.3) is 11.8 Å². The molecular formula is C70H97BrN8O21. The van der Waals surface area contributed by atoms with E-state index in [9.17, 15) is 38.7 Å². The van der Waals surface area contributed by atoms with Crippen molar-refractivity contribution in [3.05, 3.63) is 88.8 Å². The maximum Gasteiger partial charge on any atom is 0.416 e. The van der Waals surface area contributed by atoms with E-state index in [0.717, 1.165) is 22.5 Å². The third kappa shape index (κ3) is 24.8. The second-order valence-corrected chi connectivity index (χ2v) is 24.7. The van der Waals surface area contributed by atoms with Crippen molar-refractivity contribution in [3.63, 3.8) is 0 Å². The highest BCUT2D eigenvalue weighted by Gasteiger charge is 2.45. The zero-order valence-electron chi connectivity index (χ0n) is 58.2. The Bertz CT molecular complexity index is 3260. The van der Waals surface area contributed by atoms with Crippen molar-refractivity contribution < 1.29 is 100 Å². The van der Waals surface area contributed by atoms with Crippen LogP contribution in [0.2, 0.25) is 0 Å². The van der Waals surface area contributed by atoms with Gasteiger partial charge in [-0.1, -0.05) is 53.1 Å². The summed E-state index contributed by atoms with van der Waals surface area (Å²) >= 11 is 3.08. The largest absolute Gasteiger partial charge is 0.493 e. The van der Waals surface area contributed by atoms with Crippen molar-refractivity contribution in [2.45, 2.75) is 110 Å². The molecule has 550 valence electrons. The Morgan fingerprint density at radius 2 is 1.12 bits per heavy atom. The highest BCUT2D eigenvalue weighted by Crippen LogP contribution is 2.43. The average Bonchev–Trinajstić information content (AvgIpc) is 1.59. The minimum Gasteiger partial charge on any atom is -0.493 e. The summed E-state index contributed by atoms with van der Waals surface area (Å²) in [5.74, 6) is -1.09. The van der Waals surface area contributed by atoms with E-state index in [0.29, 0.717) is 165 Å². The Kier molecular flexibility index (Phi) is 33.8. The summed E-state index contributed by atoms with van der Waals surface area (Å²) in [4.78, 5) is 101. The number of nitrogens with zero attached hydrogens (tertiary/aromatic N) is 4. The Morgan fingerprint density at radius 3 is 1.68 bits per heavy atom. The fourth-order valence-electron chi connectivity index (χ4n) is 10.8. The molecule has 0 saturated carbocycles. The molecule has 5 atom stereocenters. The lowest BCUT2D eigenvalue weighted by molar-refractivity contribution is -0.132. The summed E-state index contributed by atoms with van der Waals surface area (Å²) < 4.78 is 73.4. The molecule has 0 aromatic heterocycles. The van der Waals surface area contributed by atoms with E-state index in [2.05, 4.69) is 42.2 Å². The molecule has 4 aliphatic heterocycles.